The van der Waals surface area contributed by atoms with Crippen LogP contribution in [0.3, 0.4) is 0 Å². The second-order valence-corrected chi connectivity index (χ2v) is 4.78. The highest BCUT2D eigenvalue weighted by Gasteiger charge is 2.02. The number of hydrogen-bond acceptors (Lipinski definition) is 3. The summed E-state index contributed by atoms with van der Waals surface area (Å²) in [6.07, 6.45) is 0. The van der Waals surface area contributed by atoms with Gasteiger partial charge in [0, 0.05) is 12.6 Å². The first-order chi connectivity index (χ1) is 10.2. The predicted octanol–water partition coefficient (Wildman–Crippen LogP) is 3.31. The first-order valence-electron chi connectivity index (χ1n) is 6.94. The van der Waals surface area contributed by atoms with E-state index >= 15 is 0 Å². The van der Waals surface area contributed by atoms with Crippen LogP contribution in [-0.4, -0.2) is 20.3 Å². The Bertz CT molecular complexity index is 587. The van der Waals surface area contributed by atoms with Gasteiger partial charge in [0.05, 0.1) is 0 Å². The second-order valence-electron chi connectivity index (χ2n) is 4.78. The number of nitrogens with one attached hydrogen (secondary N) is 1. The smallest absolute Gasteiger partial charge is 0.126 e. The first kappa shape index (κ1) is 15.3. The van der Waals surface area contributed by atoms with E-state index in [1.165, 1.54) is 12.1 Å². The maximum absolute atomic E-state index is 13.1. The van der Waals surface area contributed by atoms with Crippen LogP contribution in [0.25, 0.3) is 0 Å². The third-order valence-electron chi connectivity index (χ3n) is 3.04. The monoisotopic (exact) mass is 289 g/mol. The molecule has 4 heteroatoms. The molecule has 0 aliphatic heterocycles. The number of rotatable bonds is 7. The molecular formula is C17H20FNO2. The summed E-state index contributed by atoms with van der Waals surface area (Å²) in [6, 6.07) is 12.4. The van der Waals surface area contributed by atoms with Crippen molar-refractivity contribution in [2.45, 2.75) is 13.5 Å². The molecule has 1 N–H and O–H groups in total. The standard InChI is InChI=1S/C17H20FNO2/c1-13-6-7-15(18)11-17(13)21-9-8-20-16-5-3-4-14(10-16)12-19-2/h3-7,10-11,19H,8-9,12H2,1-2H3. The van der Waals surface area contributed by atoms with Crippen LogP contribution in [0.2, 0.25) is 0 Å². The van der Waals surface area contributed by atoms with Gasteiger partial charge >= 0.3 is 0 Å². The van der Waals surface area contributed by atoms with Gasteiger partial charge in [-0.05, 0) is 43.3 Å². The molecule has 0 spiro atoms. The zero-order valence-corrected chi connectivity index (χ0v) is 12.4. The molecule has 0 fully saturated rings. The van der Waals surface area contributed by atoms with Gasteiger partial charge < -0.3 is 14.8 Å². The summed E-state index contributed by atoms with van der Waals surface area (Å²) < 4.78 is 24.3. The van der Waals surface area contributed by atoms with E-state index in [1.807, 2.05) is 38.2 Å². The van der Waals surface area contributed by atoms with Crippen molar-refractivity contribution in [1.29, 1.82) is 0 Å². The van der Waals surface area contributed by atoms with Gasteiger partial charge in [0.2, 0.25) is 0 Å². The molecule has 3 nitrogen and oxygen atoms in total. The molecule has 0 aliphatic rings. The number of hydrogen-bond donors (Lipinski definition) is 1. The van der Waals surface area contributed by atoms with Gasteiger partial charge in [-0.1, -0.05) is 18.2 Å². The number of halogens is 1. The molecule has 0 saturated carbocycles. The Labute approximate surface area is 124 Å². The summed E-state index contributed by atoms with van der Waals surface area (Å²) in [4.78, 5) is 0. The van der Waals surface area contributed by atoms with Crippen molar-refractivity contribution in [2.24, 2.45) is 0 Å². The zero-order chi connectivity index (χ0) is 15.1. The average molecular weight is 289 g/mol. The van der Waals surface area contributed by atoms with Gasteiger partial charge in [-0.2, -0.15) is 0 Å². The Morgan fingerprint density at radius 1 is 1.05 bits per heavy atom. The van der Waals surface area contributed by atoms with Crippen LogP contribution in [0, 0.1) is 12.7 Å². The van der Waals surface area contributed by atoms with Crippen molar-refractivity contribution in [1.82, 2.24) is 5.32 Å². The summed E-state index contributed by atoms with van der Waals surface area (Å²) in [7, 11) is 1.91. The van der Waals surface area contributed by atoms with Crippen molar-refractivity contribution in [3.05, 3.63) is 59.4 Å². The molecule has 0 saturated heterocycles. The van der Waals surface area contributed by atoms with Crippen molar-refractivity contribution in [3.8, 4) is 11.5 Å². The minimum Gasteiger partial charge on any atom is -0.490 e. The Balaban J connectivity index is 1.81. The Morgan fingerprint density at radius 2 is 1.86 bits per heavy atom. The van der Waals surface area contributed by atoms with Crippen LogP contribution < -0.4 is 14.8 Å². The van der Waals surface area contributed by atoms with E-state index in [4.69, 9.17) is 9.47 Å². The Kier molecular flexibility index (Phi) is 5.58. The molecule has 0 bridgehead atoms. The van der Waals surface area contributed by atoms with Crippen molar-refractivity contribution < 1.29 is 13.9 Å². The lowest BCUT2D eigenvalue weighted by molar-refractivity contribution is 0.215. The minimum atomic E-state index is -0.295. The summed E-state index contributed by atoms with van der Waals surface area (Å²) in [5.41, 5.74) is 2.07. The van der Waals surface area contributed by atoms with E-state index in [9.17, 15) is 4.39 Å². The van der Waals surface area contributed by atoms with Gasteiger partial charge in [0.15, 0.2) is 0 Å². The molecule has 21 heavy (non-hydrogen) atoms. The molecule has 2 rings (SSSR count). The molecule has 0 unspecified atom stereocenters. The van der Waals surface area contributed by atoms with Gasteiger partial charge in [-0.15, -0.1) is 0 Å². The fourth-order valence-electron chi connectivity index (χ4n) is 1.99. The molecule has 112 valence electrons. The minimum absolute atomic E-state index is 0.295. The predicted molar refractivity (Wildman–Crippen MR) is 81.3 cm³/mol. The molecule has 2 aromatic carbocycles. The van der Waals surface area contributed by atoms with Crippen LogP contribution in [0.1, 0.15) is 11.1 Å². The lowest BCUT2D eigenvalue weighted by Gasteiger charge is -2.11. The largest absolute Gasteiger partial charge is 0.490 e. The highest BCUT2D eigenvalue weighted by molar-refractivity contribution is 5.32. The van der Waals surface area contributed by atoms with E-state index < -0.39 is 0 Å². The van der Waals surface area contributed by atoms with E-state index in [1.54, 1.807) is 6.07 Å². The lowest BCUT2D eigenvalue weighted by Crippen LogP contribution is -2.10. The molecule has 0 radical (unpaired) electrons. The quantitative estimate of drug-likeness (QED) is 0.793. The number of benzene rings is 2. The zero-order valence-electron chi connectivity index (χ0n) is 12.4. The fourth-order valence-corrected chi connectivity index (χ4v) is 1.99. The molecule has 0 aliphatic carbocycles. The SMILES string of the molecule is CNCc1cccc(OCCOc2cc(F)ccc2C)c1. The Hall–Kier alpha value is -2.07. The van der Waals surface area contributed by atoms with E-state index in [0.29, 0.717) is 19.0 Å². The first-order valence-corrected chi connectivity index (χ1v) is 6.94. The van der Waals surface area contributed by atoms with Crippen molar-refractivity contribution >= 4 is 0 Å². The van der Waals surface area contributed by atoms with Gasteiger partial charge in [0.1, 0.15) is 30.5 Å². The van der Waals surface area contributed by atoms with Crippen LogP contribution >= 0.6 is 0 Å². The molecular weight excluding hydrogens is 269 g/mol. The van der Waals surface area contributed by atoms with Gasteiger partial charge in [-0.25, -0.2) is 4.39 Å². The highest BCUT2D eigenvalue weighted by Crippen LogP contribution is 2.19. The molecule has 0 amide bonds. The van der Waals surface area contributed by atoms with Crippen LogP contribution in [0.15, 0.2) is 42.5 Å². The van der Waals surface area contributed by atoms with Crippen LogP contribution in [0.4, 0.5) is 4.39 Å². The molecule has 2 aromatic rings. The summed E-state index contributed by atoms with van der Waals surface area (Å²) >= 11 is 0. The second kappa shape index (κ2) is 7.64. The van der Waals surface area contributed by atoms with Gasteiger partial charge in [0.25, 0.3) is 0 Å². The maximum atomic E-state index is 13.1. The molecule has 0 heterocycles. The van der Waals surface area contributed by atoms with Crippen molar-refractivity contribution in [2.75, 3.05) is 20.3 Å². The Morgan fingerprint density at radius 3 is 2.67 bits per heavy atom. The number of aryl methyl sites for hydroxylation is 1. The van der Waals surface area contributed by atoms with Gasteiger partial charge in [-0.3, -0.25) is 0 Å². The summed E-state index contributed by atoms with van der Waals surface area (Å²) in [5, 5.41) is 3.10. The normalized spacial score (nSPS) is 10.4. The highest BCUT2D eigenvalue weighted by atomic mass is 19.1. The molecule has 0 atom stereocenters. The summed E-state index contributed by atoms with van der Waals surface area (Å²) in [5.74, 6) is 1.07. The topological polar surface area (TPSA) is 30.5 Å². The number of ether oxygens (including phenoxy) is 2. The van der Waals surface area contributed by atoms with E-state index in [2.05, 4.69) is 5.32 Å². The maximum Gasteiger partial charge on any atom is 0.126 e. The summed E-state index contributed by atoms with van der Waals surface area (Å²) in [6.45, 7) is 3.48. The lowest BCUT2D eigenvalue weighted by atomic mass is 10.2. The van der Waals surface area contributed by atoms with Crippen molar-refractivity contribution in [3.63, 3.8) is 0 Å². The third kappa shape index (κ3) is 4.76. The van der Waals surface area contributed by atoms with Crippen LogP contribution in [-0.2, 0) is 6.54 Å². The fraction of sp³-hybridized carbons (Fsp3) is 0.294. The van der Waals surface area contributed by atoms with Crippen LogP contribution in [0.5, 0.6) is 11.5 Å². The third-order valence-corrected chi connectivity index (χ3v) is 3.04. The molecule has 0 aromatic heterocycles. The van der Waals surface area contributed by atoms with E-state index in [-0.39, 0.29) is 5.82 Å². The van der Waals surface area contributed by atoms with E-state index in [0.717, 1.165) is 23.4 Å². The average Bonchev–Trinajstić information content (AvgIpc) is 2.48.